The SMILES string of the molecule is CCCCCCCC(Cl)c1ccc2cc(OC)ccc2c1. The van der Waals surface area contributed by atoms with Gasteiger partial charge in [-0.1, -0.05) is 57.2 Å². The summed E-state index contributed by atoms with van der Waals surface area (Å²) in [5, 5.41) is 2.55. The van der Waals surface area contributed by atoms with Crippen molar-refractivity contribution in [3.63, 3.8) is 0 Å². The number of alkyl halides is 1. The first-order valence-electron chi connectivity index (χ1n) is 7.96. The molecular formula is C19H25ClO. The zero-order valence-electron chi connectivity index (χ0n) is 13.1. The second kappa shape index (κ2) is 8.29. The van der Waals surface area contributed by atoms with Crippen LogP contribution in [0, 0.1) is 0 Å². The highest BCUT2D eigenvalue weighted by molar-refractivity contribution is 6.20. The Morgan fingerprint density at radius 3 is 2.43 bits per heavy atom. The van der Waals surface area contributed by atoms with Gasteiger partial charge < -0.3 is 4.74 Å². The minimum absolute atomic E-state index is 0.123. The van der Waals surface area contributed by atoms with E-state index in [-0.39, 0.29) is 5.38 Å². The van der Waals surface area contributed by atoms with Crippen LogP contribution < -0.4 is 4.74 Å². The van der Waals surface area contributed by atoms with Gasteiger partial charge in [0, 0.05) is 0 Å². The van der Waals surface area contributed by atoms with Crippen molar-refractivity contribution >= 4 is 22.4 Å². The van der Waals surface area contributed by atoms with Crippen molar-refractivity contribution in [2.75, 3.05) is 7.11 Å². The Morgan fingerprint density at radius 1 is 0.952 bits per heavy atom. The maximum atomic E-state index is 6.55. The second-order valence-corrected chi connectivity index (χ2v) is 6.17. The Labute approximate surface area is 133 Å². The fourth-order valence-electron chi connectivity index (χ4n) is 2.66. The molecule has 0 fully saturated rings. The molecule has 21 heavy (non-hydrogen) atoms. The summed E-state index contributed by atoms with van der Waals surface area (Å²) < 4.78 is 5.26. The van der Waals surface area contributed by atoms with E-state index in [1.807, 2.05) is 6.07 Å². The minimum Gasteiger partial charge on any atom is -0.497 e. The van der Waals surface area contributed by atoms with Gasteiger partial charge in [0.1, 0.15) is 5.75 Å². The van der Waals surface area contributed by atoms with Gasteiger partial charge in [0.25, 0.3) is 0 Å². The topological polar surface area (TPSA) is 9.23 Å². The van der Waals surface area contributed by atoms with E-state index in [1.165, 1.54) is 48.4 Å². The van der Waals surface area contributed by atoms with Crippen molar-refractivity contribution in [3.05, 3.63) is 42.0 Å². The summed E-state index contributed by atoms with van der Waals surface area (Å²) in [7, 11) is 1.70. The molecule has 2 aromatic rings. The van der Waals surface area contributed by atoms with Crippen LogP contribution in [-0.2, 0) is 0 Å². The molecule has 0 saturated carbocycles. The van der Waals surface area contributed by atoms with Crippen molar-refractivity contribution < 1.29 is 4.74 Å². The third-order valence-electron chi connectivity index (χ3n) is 3.99. The molecule has 0 radical (unpaired) electrons. The third-order valence-corrected chi connectivity index (χ3v) is 4.46. The van der Waals surface area contributed by atoms with Crippen LogP contribution in [-0.4, -0.2) is 7.11 Å². The zero-order chi connectivity index (χ0) is 15.1. The minimum atomic E-state index is 0.123. The first kappa shape index (κ1) is 16.2. The normalized spacial score (nSPS) is 12.5. The Bertz CT molecular complexity index is 564. The summed E-state index contributed by atoms with van der Waals surface area (Å²) in [5.41, 5.74) is 1.23. The number of unbranched alkanes of at least 4 members (excludes halogenated alkanes) is 4. The largest absolute Gasteiger partial charge is 0.497 e. The van der Waals surface area contributed by atoms with E-state index in [2.05, 4.69) is 37.3 Å². The van der Waals surface area contributed by atoms with Gasteiger partial charge in [-0.25, -0.2) is 0 Å². The predicted octanol–water partition coefficient (Wildman–Crippen LogP) is 6.49. The summed E-state index contributed by atoms with van der Waals surface area (Å²) >= 11 is 6.55. The monoisotopic (exact) mass is 304 g/mol. The molecule has 0 aliphatic carbocycles. The van der Waals surface area contributed by atoms with Gasteiger partial charge in [0.15, 0.2) is 0 Å². The highest BCUT2D eigenvalue weighted by Gasteiger charge is 2.08. The Balaban J connectivity index is 1.98. The summed E-state index contributed by atoms with van der Waals surface area (Å²) in [6.07, 6.45) is 7.53. The molecule has 0 saturated heterocycles. The van der Waals surface area contributed by atoms with E-state index in [9.17, 15) is 0 Å². The molecule has 114 valence electrons. The summed E-state index contributed by atoms with van der Waals surface area (Å²) in [4.78, 5) is 0. The van der Waals surface area contributed by atoms with Crippen molar-refractivity contribution in [1.29, 1.82) is 0 Å². The number of rotatable bonds is 8. The van der Waals surface area contributed by atoms with Gasteiger partial charge >= 0.3 is 0 Å². The number of methoxy groups -OCH3 is 1. The molecule has 1 nitrogen and oxygen atoms in total. The molecule has 0 spiro atoms. The van der Waals surface area contributed by atoms with Crippen molar-refractivity contribution in [2.24, 2.45) is 0 Å². The molecule has 2 heteroatoms. The quantitative estimate of drug-likeness (QED) is 0.400. The molecule has 0 bridgehead atoms. The zero-order valence-corrected chi connectivity index (χ0v) is 13.8. The Kier molecular flexibility index (Phi) is 6.38. The van der Waals surface area contributed by atoms with Crippen LogP contribution in [0.1, 0.15) is 56.4 Å². The lowest BCUT2D eigenvalue weighted by Crippen LogP contribution is -1.92. The number of ether oxygens (including phenoxy) is 1. The molecule has 1 atom stereocenters. The number of fused-ring (bicyclic) bond motifs is 1. The van der Waals surface area contributed by atoms with E-state index in [0.717, 1.165) is 12.2 Å². The van der Waals surface area contributed by atoms with Crippen LogP contribution in [0.2, 0.25) is 0 Å². The number of benzene rings is 2. The van der Waals surface area contributed by atoms with Crippen LogP contribution in [0.25, 0.3) is 10.8 Å². The van der Waals surface area contributed by atoms with Crippen LogP contribution in [0.3, 0.4) is 0 Å². The maximum Gasteiger partial charge on any atom is 0.119 e. The highest BCUT2D eigenvalue weighted by Crippen LogP contribution is 2.30. The van der Waals surface area contributed by atoms with Crippen LogP contribution in [0.5, 0.6) is 5.75 Å². The van der Waals surface area contributed by atoms with Crippen molar-refractivity contribution in [2.45, 2.75) is 50.8 Å². The van der Waals surface area contributed by atoms with Crippen LogP contribution in [0.4, 0.5) is 0 Å². The van der Waals surface area contributed by atoms with E-state index < -0.39 is 0 Å². The Hall–Kier alpha value is -1.21. The van der Waals surface area contributed by atoms with E-state index in [0.29, 0.717) is 0 Å². The summed E-state index contributed by atoms with van der Waals surface area (Å²) in [6.45, 7) is 2.24. The number of halogens is 1. The average Bonchev–Trinajstić information content (AvgIpc) is 2.53. The van der Waals surface area contributed by atoms with Crippen LogP contribution >= 0.6 is 11.6 Å². The maximum absolute atomic E-state index is 6.55. The first-order valence-corrected chi connectivity index (χ1v) is 8.40. The summed E-state index contributed by atoms with van der Waals surface area (Å²) in [6, 6.07) is 12.7. The van der Waals surface area contributed by atoms with Gasteiger partial charge in [-0.2, -0.15) is 0 Å². The van der Waals surface area contributed by atoms with E-state index >= 15 is 0 Å². The number of hydrogen-bond acceptors (Lipinski definition) is 1. The lowest BCUT2D eigenvalue weighted by molar-refractivity contribution is 0.415. The molecule has 2 rings (SSSR count). The molecular weight excluding hydrogens is 280 g/mol. The molecule has 0 N–H and O–H groups in total. The molecule has 0 aromatic heterocycles. The molecule has 0 amide bonds. The molecule has 1 unspecified atom stereocenters. The third kappa shape index (κ3) is 4.64. The van der Waals surface area contributed by atoms with Gasteiger partial charge in [0.2, 0.25) is 0 Å². The molecule has 2 aromatic carbocycles. The van der Waals surface area contributed by atoms with Crippen LogP contribution in [0.15, 0.2) is 36.4 Å². The smallest absolute Gasteiger partial charge is 0.119 e. The first-order chi connectivity index (χ1) is 10.2. The van der Waals surface area contributed by atoms with Gasteiger partial charge in [0.05, 0.1) is 12.5 Å². The van der Waals surface area contributed by atoms with Crippen molar-refractivity contribution in [1.82, 2.24) is 0 Å². The highest BCUT2D eigenvalue weighted by atomic mass is 35.5. The van der Waals surface area contributed by atoms with Crippen molar-refractivity contribution in [3.8, 4) is 5.75 Å². The fraction of sp³-hybridized carbons (Fsp3) is 0.474. The lowest BCUT2D eigenvalue weighted by atomic mass is 10.0. The molecule has 0 aliphatic rings. The van der Waals surface area contributed by atoms with E-state index in [4.69, 9.17) is 16.3 Å². The molecule has 0 aliphatic heterocycles. The molecule has 0 heterocycles. The Morgan fingerprint density at radius 2 is 1.67 bits per heavy atom. The van der Waals surface area contributed by atoms with Gasteiger partial charge in [-0.05, 0) is 41.0 Å². The number of hydrogen-bond donors (Lipinski definition) is 0. The van der Waals surface area contributed by atoms with E-state index in [1.54, 1.807) is 7.11 Å². The standard InChI is InChI=1S/C19H25ClO/c1-3-4-5-6-7-8-19(20)17-10-9-16-14-18(21-2)12-11-15(16)13-17/h9-14,19H,3-8H2,1-2H3. The van der Waals surface area contributed by atoms with Gasteiger partial charge in [-0.3, -0.25) is 0 Å². The lowest BCUT2D eigenvalue weighted by Gasteiger charge is -2.11. The second-order valence-electron chi connectivity index (χ2n) is 5.64. The predicted molar refractivity (Wildman–Crippen MR) is 92.5 cm³/mol. The fourth-order valence-corrected chi connectivity index (χ4v) is 2.95. The average molecular weight is 305 g/mol. The summed E-state index contributed by atoms with van der Waals surface area (Å²) in [5.74, 6) is 0.897. The van der Waals surface area contributed by atoms with Gasteiger partial charge in [-0.15, -0.1) is 11.6 Å².